The number of nitrogens with zero attached hydrogens (tertiary/aromatic N) is 4. The highest BCUT2D eigenvalue weighted by Gasteiger charge is 2.31. The lowest BCUT2D eigenvalue weighted by molar-refractivity contribution is -0.134. The van der Waals surface area contributed by atoms with Crippen LogP contribution in [0.1, 0.15) is 36.9 Å². The van der Waals surface area contributed by atoms with Crippen molar-refractivity contribution in [3.8, 4) is 0 Å². The molecule has 1 atom stereocenters. The molecule has 1 unspecified atom stereocenters. The molecule has 0 saturated carbocycles. The van der Waals surface area contributed by atoms with E-state index < -0.39 is 0 Å². The van der Waals surface area contributed by atoms with Crippen LogP contribution < -0.4 is 4.90 Å². The molecule has 0 N–H and O–H groups in total. The molecule has 2 saturated heterocycles. The number of rotatable bonds is 2. The van der Waals surface area contributed by atoms with E-state index in [0.29, 0.717) is 5.91 Å². The van der Waals surface area contributed by atoms with Crippen molar-refractivity contribution in [2.75, 3.05) is 31.1 Å². The molecule has 1 amide bonds. The maximum absolute atomic E-state index is 12.8. The summed E-state index contributed by atoms with van der Waals surface area (Å²) in [5.74, 6) is 1.19. The maximum atomic E-state index is 12.8. The Labute approximate surface area is 149 Å². The standard InChI is InChI=1S/C20H26N4O/c1-14-7-8-17-15(2)21-20(22-18(17)12-14)24-11-5-6-16(13-24)19(25)23-9-3-4-10-23/h7-8,12,16H,3-6,9-11,13H2,1-2H3. The first-order valence-electron chi connectivity index (χ1n) is 9.40. The summed E-state index contributed by atoms with van der Waals surface area (Å²) in [4.78, 5) is 26.5. The van der Waals surface area contributed by atoms with Crippen LogP contribution in [0, 0.1) is 19.8 Å². The highest BCUT2D eigenvalue weighted by molar-refractivity contribution is 5.83. The fourth-order valence-electron chi connectivity index (χ4n) is 4.08. The van der Waals surface area contributed by atoms with Gasteiger partial charge in [-0.3, -0.25) is 4.79 Å². The number of piperidine rings is 1. The van der Waals surface area contributed by atoms with Crippen LogP contribution in [0.25, 0.3) is 10.9 Å². The van der Waals surface area contributed by atoms with Gasteiger partial charge in [0.15, 0.2) is 0 Å². The van der Waals surface area contributed by atoms with Crippen LogP contribution >= 0.6 is 0 Å². The number of carbonyl (C=O) groups excluding carboxylic acids is 1. The predicted octanol–water partition coefficient (Wildman–Crippen LogP) is 3.09. The summed E-state index contributed by atoms with van der Waals surface area (Å²) in [6, 6.07) is 6.31. The largest absolute Gasteiger partial charge is 0.342 e. The van der Waals surface area contributed by atoms with Crippen LogP contribution in [0.5, 0.6) is 0 Å². The minimum Gasteiger partial charge on any atom is -0.342 e. The van der Waals surface area contributed by atoms with Crippen molar-refractivity contribution in [2.45, 2.75) is 39.5 Å². The second kappa shape index (κ2) is 6.62. The molecule has 0 aliphatic carbocycles. The number of amides is 1. The average Bonchev–Trinajstić information content (AvgIpc) is 3.15. The van der Waals surface area contributed by atoms with Gasteiger partial charge in [-0.1, -0.05) is 12.1 Å². The zero-order chi connectivity index (χ0) is 17.4. The zero-order valence-corrected chi connectivity index (χ0v) is 15.2. The predicted molar refractivity (Wildman–Crippen MR) is 99.8 cm³/mol. The summed E-state index contributed by atoms with van der Waals surface area (Å²) in [7, 11) is 0. The fraction of sp³-hybridized carbons (Fsp3) is 0.550. The molecule has 2 aliphatic heterocycles. The Morgan fingerprint density at radius 2 is 1.88 bits per heavy atom. The number of likely N-dealkylation sites (tertiary alicyclic amines) is 1. The van der Waals surface area contributed by atoms with Crippen molar-refractivity contribution in [1.29, 1.82) is 0 Å². The number of benzene rings is 1. The number of hydrogen-bond donors (Lipinski definition) is 0. The monoisotopic (exact) mass is 338 g/mol. The molecule has 2 aliphatic rings. The van der Waals surface area contributed by atoms with Gasteiger partial charge in [0.25, 0.3) is 0 Å². The van der Waals surface area contributed by atoms with E-state index in [4.69, 9.17) is 9.97 Å². The van der Waals surface area contributed by atoms with Gasteiger partial charge < -0.3 is 9.80 Å². The Balaban J connectivity index is 1.58. The van der Waals surface area contributed by atoms with Crippen molar-refractivity contribution in [3.63, 3.8) is 0 Å². The second-order valence-electron chi connectivity index (χ2n) is 7.45. The van der Waals surface area contributed by atoms with E-state index in [-0.39, 0.29) is 5.92 Å². The van der Waals surface area contributed by atoms with Gasteiger partial charge in [-0.15, -0.1) is 0 Å². The van der Waals surface area contributed by atoms with Gasteiger partial charge in [0.05, 0.1) is 17.1 Å². The number of fused-ring (bicyclic) bond motifs is 1. The van der Waals surface area contributed by atoms with Gasteiger partial charge in [0.1, 0.15) is 0 Å². The molecule has 2 aromatic rings. The number of carbonyl (C=O) groups is 1. The lowest BCUT2D eigenvalue weighted by Crippen LogP contribution is -2.44. The normalized spacial score (nSPS) is 21.1. The van der Waals surface area contributed by atoms with Crippen molar-refractivity contribution in [3.05, 3.63) is 29.5 Å². The summed E-state index contributed by atoms with van der Waals surface area (Å²) >= 11 is 0. The van der Waals surface area contributed by atoms with Crippen LogP contribution in [-0.4, -0.2) is 47.0 Å². The Hall–Kier alpha value is -2.17. The Morgan fingerprint density at radius 1 is 1.08 bits per heavy atom. The highest BCUT2D eigenvalue weighted by atomic mass is 16.2. The quantitative estimate of drug-likeness (QED) is 0.844. The van der Waals surface area contributed by atoms with E-state index in [9.17, 15) is 4.79 Å². The third kappa shape index (κ3) is 3.20. The first-order valence-corrected chi connectivity index (χ1v) is 9.40. The van der Waals surface area contributed by atoms with E-state index >= 15 is 0 Å². The minimum atomic E-state index is 0.0870. The Kier molecular flexibility index (Phi) is 4.32. The molecule has 2 fully saturated rings. The van der Waals surface area contributed by atoms with Crippen LogP contribution in [-0.2, 0) is 4.79 Å². The van der Waals surface area contributed by atoms with E-state index in [1.165, 1.54) is 5.56 Å². The first kappa shape index (κ1) is 16.3. The van der Waals surface area contributed by atoms with Gasteiger partial charge in [0, 0.05) is 31.6 Å². The number of aryl methyl sites for hydroxylation is 2. The van der Waals surface area contributed by atoms with Crippen molar-refractivity contribution in [2.24, 2.45) is 5.92 Å². The molecule has 0 bridgehead atoms. The first-order chi connectivity index (χ1) is 12.1. The molecule has 25 heavy (non-hydrogen) atoms. The molecular weight excluding hydrogens is 312 g/mol. The summed E-state index contributed by atoms with van der Waals surface area (Å²) < 4.78 is 0. The third-order valence-electron chi connectivity index (χ3n) is 5.50. The van der Waals surface area contributed by atoms with Crippen LogP contribution in [0.15, 0.2) is 18.2 Å². The molecule has 132 valence electrons. The van der Waals surface area contributed by atoms with E-state index in [0.717, 1.165) is 74.4 Å². The Bertz CT molecular complexity index is 798. The lowest BCUT2D eigenvalue weighted by Gasteiger charge is -2.34. The number of aromatic nitrogens is 2. The van der Waals surface area contributed by atoms with Crippen molar-refractivity contribution < 1.29 is 4.79 Å². The van der Waals surface area contributed by atoms with E-state index in [1.807, 2.05) is 11.8 Å². The summed E-state index contributed by atoms with van der Waals surface area (Å²) in [6.45, 7) is 7.66. The SMILES string of the molecule is Cc1ccc2c(C)nc(N3CCCC(C(=O)N4CCCC4)C3)nc2c1. The van der Waals surface area contributed by atoms with Crippen LogP contribution in [0.2, 0.25) is 0 Å². The molecule has 3 heterocycles. The zero-order valence-electron chi connectivity index (χ0n) is 15.2. The van der Waals surface area contributed by atoms with E-state index in [2.05, 4.69) is 30.0 Å². The number of anilines is 1. The highest BCUT2D eigenvalue weighted by Crippen LogP contribution is 2.26. The smallest absolute Gasteiger partial charge is 0.227 e. The van der Waals surface area contributed by atoms with E-state index in [1.54, 1.807) is 0 Å². The molecular formula is C20H26N4O. The molecule has 1 aromatic carbocycles. The fourth-order valence-corrected chi connectivity index (χ4v) is 4.08. The van der Waals surface area contributed by atoms with Gasteiger partial charge in [-0.05, 0) is 51.2 Å². The van der Waals surface area contributed by atoms with Gasteiger partial charge in [-0.2, -0.15) is 0 Å². The second-order valence-corrected chi connectivity index (χ2v) is 7.45. The van der Waals surface area contributed by atoms with Crippen molar-refractivity contribution >= 4 is 22.8 Å². The maximum Gasteiger partial charge on any atom is 0.227 e. The van der Waals surface area contributed by atoms with Gasteiger partial charge >= 0.3 is 0 Å². The molecule has 5 heteroatoms. The van der Waals surface area contributed by atoms with Crippen LogP contribution in [0.4, 0.5) is 5.95 Å². The third-order valence-corrected chi connectivity index (χ3v) is 5.50. The summed E-state index contributed by atoms with van der Waals surface area (Å²) in [5, 5.41) is 1.11. The summed E-state index contributed by atoms with van der Waals surface area (Å²) in [5.41, 5.74) is 3.21. The molecule has 1 aromatic heterocycles. The van der Waals surface area contributed by atoms with Crippen molar-refractivity contribution in [1.82, 2.24) is 14.9 Å². The Morgan fingerprint density at radius 3 is 2.68 bits per heavy atom. The molecule has 0 radical (unpaired) electrons. The minimum absolute atomic E-state index is 0.0870. The summed E-state index contributed by atoms with van der Waals surface area (Å²) in [6.07, 6.45) is 4.30. The van der Waals surface area contributed by atoms with Gasteiger partial charge in [-0.25, -0.2) is 9.97 Å². The molecule has 4 rings (SSSR count). The average molecular weight is 338 g/mol. The number of hydrogen-bond acceptors (Lipinski definition) is 4. The van der Waals surface area contributed by atoms with Gasteiger partial charge in [0.2, 0.25) is 11.9 Å². The van der Waals surface area contributed by atoms with Crippen LogP contribution in [0.3, 0.4) is 0 Å². The topological polar surface area (TPSA) is 49.3 Å². The lowest BCUT2D eigenvalue weighted by atomic mass is 9.97. The molecule has 0 spiro atoms. The molecule has 5 nitrogen and oxygen atoms in total.